The normalized spacial score (nSPS) is 15.1. The van der Waals surface area contributed by atoms with Gasteiger partial charge in [-0.25, -0.2) is 8.42 Å². The number of nitrogens with one attached hydrogen (secondary N) is 1. The maximum Gasteiger partial charge on any atom is 0.261 e. The zero-order valence-electron chi connectivity index (χ0n) is 14.8. The van der Waals surface area contributed by atoms with Crippen LogP contribution in [0.3, 0.4) is 0 Å². The van der Waals surface area contributed by atoms with E-state index in [2.05, 4.69) is 9.71 Å². The lowest BCUT2D eigenvalue weighted by atomic mass is 10.1. The first-order valence-electron chi connectivity index (χ1n) is 8.78. The number of pyridine rings is 1. The number of carbonyl (C=O) groups excluding carboxylic acids is 2. The molecule has 4 rings (SSSR count). The molecule has 8 heteroatoms. The summed E-state index contributed by atoms with van der Waals surface area (Å²) in [7, 11) is -3.86. The number of amides is 2. The van der Waals surface area contributed by atoms with Crippen molar-refractivity contribution in [1.29, 1.82) is 0 Å². The number of fused-ring (bicyclic) bond motifs is 1. The van der Waals surface area contributed by atoms with Crippen LogP contribution in [-0.4, -0.2) is 25.2 Å². The lowest BCUT2D eigenvalue weighted by Gasteiger charge is -2.24. The molecule has 0 bridgehead atoms. The minimum atomic E-state index is -3.86. The average Bonchev–Trinajstić information content (AvgIpc) is 2.68. The molecule has 1 aromatic heterocycles. The summed E-state index contributed by atoms with van der Waals surface area (Å²) in [6.45, 7) is 0. The summed E-state index contributed by atoms with van der Waals surface area (Å²) in [5.74, 6) is -0.543. The van der Waals surface area contributed by atoms with E-state index in [1.54, 1.807) is 24.4 Å². The highest BCUT2D eigenvalue weighted by Gasteiger charge is 2.27. The largest absolute Gasteiger partial charge is 0.277 e. The fourth-order valence-electron chi connectivity index (χ4n) is 3.21. The van der Waals surface area contributed by atoms with Crippen LogP contribution in [0.4, 0.5) is 11.4 Å². The number of para-hydroxylation sites is 1. The summed E-state index contributed by atoms with van der Waals surface area (Å²) in [5.41, 5.74) is 1.30. The Hall–Kier alpha value is -3.26. The third-order valence-electron chi connectivity index (χ3n) is 4.56. The van der Waals surface area contributed by atoms with Gasteiger partial charge in [0.2, 0.25) is 11.8 Å². The number of aromatic nitrogens is 1. The van der Waals surface area contributed by atoms with E-state index in [1.165, 1.54) is 24.3 Å². The fraction of sp³-hybridized carbons (Fsp3) is 0.150. The molecule has 0 aliphatic carbocycles. The number of piperidine rings is 1. The molecule has 1 aliphatic heterocycles. The number of hydrogen-bond acceptors (Lipinski definition) is 5. The number of rotatable bonds is 4. The van der Waals surface area contributed by atoms with Gasteiger partial charge in [0.1, 0.15) is 0 Å². The van der Waals surface area contributed by atoms with Gasteiger partial charge in [0.05, 0.1) is 21.8 Å². The number of hydrogen-bond donors (Lipinski definition) is 1. The molecular formula is C20H17N3O4S. The molecule has 28 heavy (non-hydrogen) atoms. The second kappa shape index (κ2) is 7.05. The first kappa shape index (κ1) is 18.1. The predicted molar refractivity (Wildman–Crippen MR) is 105 cm³/mol. The third kappa shape index (κ3) is 3.34. The van der Waals surface area contributed by atoms with Crippen LogP contribution in [0.25, 0.3) is 10.9 Å². The van der Waals surface area contributed by atoms with Crippen LogP contribution in [0.1, 0.15) is 19.3 Å². The van der Waals surface area contributed by atoms with Crippen LogP contribution in [0.2, 0.25) is 0 Å². The van der Waals surface area contributed by atoms with Crippen molar-refractivity contribution in [3.8, 4) is 0 Å². The molecule has 1 aliphatic rings. The van der Waals surface area contributed by atoms with E-state index >= 15 is 0 Å². The van der Waals surface area contributed by atoms with Crippen LogP contribution in [0.5, 0.6) is 0 Å². The second-order valence-electron chi connectivity index (χ2n) is 6.46. The minimum Gasteiger partial charge on any atom is -0.277 e. The quantitative estimate of drug-likeness (QED) is 0.685. The van der Waals surface area contributed by atoms with E-state index < -0.39 is 10.0 Å². The molecule has 0 atom stereocenters. The molecule has 3 aromatic rings. The summed E-state index contributed by atoms with van der Waals surface area (Å²) in [6, 6.07) is 14.6. The molecule has 2 aromatic carbocycles. The highest BCUT2D eigenvalue weighted by Crippen LogP contribution is 2.26. The molecule has 2 amide bonds. The van der Waals surface area contributed by atoms with Gasteiger partial charge in [0.25, 0.3) is 10.0 Å². The standard InChI is InChI=1S/C20H17N3O4S/c24-18-7-2-8-19(25)23(18)15-9-11-16(12-10-15)28(26,27)22-17-6-1-4-14-5-3-13-21-20(14)17/h1,3-6,9-13,22H,2,7-8H2. The molecule has 0 saturated carbocycles. The predicted octanol–water partition coefficient (Wildman–Crippen LogP) is 3.08. The van der Waals surface area contributed by atoms with E-state index in [1.807, 2.05) is 12.1 Å². The van der Waals surface area contributed by atoms with Crippen molar-refractivity contribution >= 4 is 44.1 Å². The number of sulfonamides is 1. The maximum absolute atomic E-state index is 12.8. The van der Waals surface area contributed by atoms with Gasteiger partial charge in [-0.1, -0.05) is 18.2 Å². The van der Waals surface area contributed by atoms with Crippen molar-refractivity contribution < 1.29 is 18.0 Å². The fourth-order valence-corrected chi connectivity index (χ4v) is 4.27. The van der Waals surface area contributed by atoms with Crippen molar-refractivity contribution in [3.63, 3.8) is 0 Å². The van der Waals surface area contributed by atoms with Gasteiger partial charge in [-0.15, -0.1) is 0 Å². The third-order valence-corrected chi connectivity index (χ3v) is 5.94. The molecule has 7 nitrogen and oxygen atoms in total. The SMILES string of the molecule is O=C1CCCC(=O)N1c1ccc(S(=O)(=O)Nc2cccc3cccnc23)cc1. The van der Waals surface area contributed by atoms with Gasteiger partial charge < -0.3 is 0 Å². The Balaban J connectivity index is 1.63. The number of imide groups is 1. The van der Waals surface area contributed by atoms with Gasteiger partial charge in [-0.2, -0.15) is 0 Å². The van der Waals surface area contributed by atoms with Crippen molar-refractivity contribution in [1.82, 2.24) is 4.98 Å². The van der Waals surface area contributed by atoms with Crippen LogP contribution in [0.15, 0.2) is 65.7 Å². The van der Waals surface area contributed by atoms with Gasteiger partial charge in [0.15, 0.2) is 0 Å². The van der Waals surface area contributed by atoms with Crippen molar-refractivity contribution in [2.45, 2.75) is 24.2 Å². The molecule has 142 valence electrons. The minimum absolute atomic E-state index is 0.0288. The topological polar surface area (TPSA) is 96.4 Å². The van der Waals surface area contributed by atoms with Gasteiger partial charge in [0, 0.05) is 24.4 Å². The summed E-state index contributed by atoms with van der Waals surface area (Å²) in [6.07, 6.45) is 2.76. The zero-order valence-corrected chi connectivity index (χ0v) is 15.6. The second-order valence-corrected chi connectivity index (χ2v) is 8.14. The molecular weight excluding hydrogens is 378 g/mol. The van der Waals surface area contributed by atoms with Gasteiger partial charge in [-0.05, 0) is 42.8 Å². The Bertz CT molecular complexity index is 1150. The van der Waals surface area contributed by atoms with Gasteiger partial charge >= 0.3 is 0 Å². The van der Waals surface area contributed by atoms with Crippen LogP contribution < -0.4 is 9.62 Å². The number of benzene rings is 2. The monoisotopic (exact) mass is 395 g/mol. The van der Waals surface area contributed by atoms with Crippen molar-refractivity contribution in [2.75, 3.05) is 9.62 Å². The van der Waals surface area contributed by atoms with Gasteiger partial charge in [-0.3, -0.25) is 24.2 Å². The molecule has 0 spiro atoms. The number of anilines is 2. The summed E-state index contributed by atoms with van der Waals surface area (Å²) >= 11 is 0. The van der Waals surface area contributed by atoms with Crippen LogP contribution in [-0.2, 0) is 19.6 Å². The van der Waals surface area contributed by atoms with E-state index in [-0.39, 0.29) is 16.7 Å². The van der Waals surface area contributed by atoms with E-state index in [0.717, 1.165) is 10.3 Å². The Morgan fingerprint density at radius 1 is 0.893 bits per heavy atom. The maximum atomic E-state index is 12.8. The smallest absolute Gasteiger partial charge is 0.261 e. The lowest BCUT2D eigenvalue weighted by molar-refractivity contribution is -0.129. The molecule has 1 N–H and O–H groups in total. The van der Waals surface area contributed by atoms with E-state index in [4.69, 9.17) is 0 Å². The summed E-state index contributed by atoms with van der Waals surface area (Å²) in [5, 5.41) is 0.820. The Kier molecular flexibility index (Phi) is 4.56. The molecule has 2 heterocycles. The summed E-state index contributed by atoms with van der Waals surface area (Å²) in [4.78, 5) is 29.4. The Morgan fingerprint density at radius 3 is 2.29 bits per heavy atom. The molecule has 0 radical (unpaired) electrons. The highest BCUT2D eigenvalue weighted by atomic mass is 32.2. The zero-order chi connectivity index (χ0) is 19.7. The Labute approximate surface area is 162 Å². The number of nitrogens with zero attached hydrogens (tertiary/aromatic N) is 2. The lowest BCUT2D eigenvalue weighted by Crippen LogP contribution is -2.40. The van der Waals surface area contributed by atoms with Crippen molar-refractivity contribution in [2.24, 2.45) is 0 Å². The molecule has 1 saturated heterocycles. The van der Waals surface area contributed by atoms with E-state index in [9.17, 15) is 18.0 Å². The Morgan fingerprint density at radius 2 is 1.57 bits per heavy atom. The summed E-state index contributed by atoms with van der Waals surface area (Å²) < 4.78 is 28.1. The van der Waals surface area contributed by atoms with Crippen molar-refractivity contribution in [3.05, 3.63) is 60.8 Å². The first-order chi connectivity index (χ1) is 13.5. The first-order valence-corrected chi connectivity index (χ1v) is 10.3. The highest BCUT2D eigenvalue weighted by molar-refractivity contribution is 7.92. The van der Waals surface area contributed by atoms with Crippen LogP contribution >= 0.6 is 0 Å². The average molecular weight is 395 g/mol. The molecule has 0 unspecified atom stereocenters. The molecule has 1 fully saturated rings. The number of carbonyl (C=O) groups is 2. The van der Waals surface area contributed by atoms with E-state index in [0.29, 0.717) is 36.2 Å². The van der Waals surface area contributed by atoms with Crippen LogP contribution in [0, 0.1) is 0 Å².